The number of carbonyl (C=O) groups excluding carboxylic acids is 1. The van der Waals surface area contributed by atoms with Crippen LogP contribution in [0.25, 0.3) is 0 Å². The largest absolute Gasteiger partial charge is 0.325 e. The molecule has 1 aliphatic carbocycles. The molecule has 2 rings (SSSR count). The second kappa shape index (κ2) is 3.98. The van der Waals surface area contributed by atoms with Crippen LogP contribution in [0.4, 0.5) is 0 Å². The molecule has 1 aliphatic heterocycles. The minimum Gasteiger partial charge on any atom is -0.325 e. The Morgan fingerprint density at radius 3 is 2.41 bits per heavy atom. The van der Waals surface area contributed by atoms with Gasteiger partial charge in [0.15, 0.2) is 0 Å². The van der Waals surface area contributed by atoms with E-state index in [1.54, 1.807) is 0 Å². The van der Waals surface area contributed by atoms with Crippen LogP contribution in [0, 0.1) is 11.3 Å². The summed E-state index contributed by atoms with van der Waals surface area (Å²) in [4.78, 5) is 14.5. The molecule has 0 radical (unpaired) electrons. The topological polar surface area (TPSA) is 32.3 Å². The third-order valence-electron chi connectivity index (χ3n) is 3.58. The molecule has 1 atom stereocenters. The van der Waals surface area contributed by atoms with E-state index in [1.165, 1.54) is 0 Å². The monoisotopic (exact) mass is 238 g/mol. The van der Waals surface area contributed by atoms with E-state index in [2.05, 4.69) is 44.8 Å². The molecule has 17 heavy (non-hydrogen) atoms. The van der Waals surface area contributed by atoms with E-state index in [4.69, 9.17) is 0 Å². The maximum absolute atomic E-state index is 12.4. The second-order valence-corrected chi connectivity index (χ2v) is 7.37. The Balaban J connectivity index is 2.10. The van der Waals surface area contributed by atoms with Gasteiger partial charge in [-0.2, -0.15) is 0 Å². The zero-order valence-electron chi connectivity index (χ0n) is 11.8. The van der Waals surface area contributed by atoms with Crippen molar-refractivity contribution in [2.75, 3.05) is 6.54 Å². The van der Waals surface area contributed by atoms with Gasteiger partial charge in [0.05, 0.1) is 11.7 Å². The van der Waals surface area contributed by atoms with Gasteiger partial charge in [0.25, 0.3) is 0 Å². The van der Waals surface area contributed by atoms with Gasteiger partial charge in [-0.15, -0.1) is 0 Å². The van der Waals surface area contributed by atoms with Gasteiger partial charge in [0.1, 0.15) is 0 Å². The summed E-state index contributed by atoms with van der Waals surface area (Å²) in [5.74, 6) is 0.967. The van der Waals surface area contributed by atoms with Crippen LogP contribution in [0.1, 0.15) is 53.9 Å². The lowest BCUT2D eigenvalue weighted by Gasteiger charge is -2.31. The first-order valence-corrected chi connectivity index (χ1v) is 6.82. The average Bonchev–Trinajstić information content (AvgIpc) is 2.86. The lowest BCUT2D eigenvalue weighted by molar-refractivity contribution is -0.132. The van der Waals surface area contributed by atoms with Gasteiger partial charge in [-0.25, -0.2) is 0 Å². The number of hydrogen-bond acceptors (Lipinski definition) is 2. The summed E-state index contributed by atoms with van der Waals surface area (Å²) in [5, 5.41) is 3.57. The third kappa shape index (κ3) is 2.65. The molecule has 1 N–H and O–H groups in total. The molecule has 0 aromatic heterocycles. The normalized spacial score (nSPS) is 27.3. The van der Waals surface area contributed by atoms with E-state index in [1.807, 2.05) is 0 Å². The van der Waals surface area contributed by atoms with Crippen LogP contribution in [0.2, 0.25) is 0 Å². The summed E-state index contributed by atoms with van der Waals surface area (Å²) < 4.78 is 0. The molecular formula is C14H26N2O. The molecule has 1 unspecified atom stereocenters. The summed E-state index contributed by atoms with van der Waals surface area (Å²) in [7, 11) is 0. The van der Waals surface area contributed by atoms with Gasteiger partial charge in [-0.3, -0.25) is 10.1 Å². The molecule has 1 saturated heterocycles. The van der Waals surface area contributed by atoms with Crippen molar-refractivity contribution in [1.82, 2.24) is 10.2 Å². The summed E-state index contributed by atoms with van der Waals surface area (Å²) in [6, 6.07) is 0. The van der Waals surface area contributed by atoms with Crippen molar-refractivity contribution in [2.45, 2.75) is 65.6 Å². The molecule has 0 aromatic carbocycles. The quantitative estimate of drug-likeness (QED) is 0.818. The van der Waals surface area contributed by atoms with Crippen molar-refractivity contribution in [3.63, 3.8) is 0 Å². The Labute approximate surface area is 105 Å². The van der Waals surface area contributed by atoms with E-state index in [0.717, 1.165) is 25.8 Å². The molecule has 98 valence electrons. The molecule has 3 nitrogen and oxygen atoms in total. The molecule has 0 bridgehead atoms. The molecule has 1 spiro atoms. The number of rotatable bonds is 3. The smallest absolute Gasteiger partial charge is 0.244 e. The van der Waals surface area contributed by atoms with Crippen molar-refractivity contribution in [2.24, 2.45) is 11.3 Å². The van der Waals surface area contributed by atoms with E-state index < -0.39 is 0 Å². The molecular weight excluding hydrogens is 212 g/mol. The molecule has 1 amide bonds. The highest BCUT2D eigenvalue weighted by atomic mass is 16.2. The van der Waals surface area contributed by atoms with Gasteiger partial charge >= 0.3 is 0 Å². The lowest BCUT2D eigenvalue weighted by atomic mass is 9.95. The Bertz CT molecular complexity index is 313. The average molecular weight is 238 g/mol. The van der Waals surface area contributed by atoms with Crippen LogP contribution in [0.3, 0.4) is 0 Å². The molecule has 2 aliphatic rings. The van der Waals surface area contributed by atoms with E-state index in [-0.39, 0.29) is 17.1 Å². The van der Waals surface area contributed by atoms with Crippen molar-refractivity contribution < 1.29 is 4.79 Å². The molecule has 2 fully saturated rings. The number of hydrogen-bond donors (Lipinski definition) is 1. The summed E-state index contributed by atoms with van der Waals surface area (Å²) in [6.45, 7) is 11.9. The number of nitrogens with one attached hydrogen (secondary N) is 1. The third-order valence-corrected chi connectivity index (χ3v) is 3.58. The molecule has 1 heterocycles. The number of carbonyl (C=O) groups is 1. The Hall–Kier alpha value is -0.570. The van der Waals surface area contributed by atoms with Gasteiger partial charge in [-0.1, -0.05) is 34.6 Å². The SMILES string of the molecule is CC(C)CC1NC2(CC2)C(=O)N1CC(C)(C)C. The van der Waals surface area contributed by atoms with Crippen molar-refractivity contribution in [3.8, 4) is 0 Å². The number of amides is 1. The number of nitrogens with zero attached hydrogens (tertiary/aromatic N) is 1. The van der Waals surface area contributed by atoms with Gasteiger partial charge in [-0.05, 0) is 30.6 Å². The zero-order valence-corrected chi connectivity index (χ0v) is 11.8. The van der Waals surface area contributed by atoms with E-state index in [0.29, 0.717) is 11.8 Å². The minimum absolute atomic E-state index is 0.162. The van der Waals surface area contributed by atoms with E-state index >= 15 is 0 Å². The predicted molar refractivity (Wildman–Crippen MR) is 69.5 cm³/mol. The van der Waals surface area contributed by atoms with Gasteiger partial charge in [0, 0.05) is 6.54 Å². The fourth-order valence-electron chi connectivity index (χ4n) is 2.68. The predicted octanol–water partition coefficient (Wildman–Crippen LogP) is 2.37. The summed E-state index contributed by atoms with van der Waals surface area (Å²) in [5.41, 5.74) is 0.0117. The highest BCUT2D eigenvalue weighted by molar-refractivity contribution is 5.91. The first-order chi connectivity index (χ1) is 7.73. The first kappa shape index (κ1) is 12.9. The zero-order chi connectivity index (χ0) is 12.8. The first-order valence-electron chi connectivity index (χ1n) is 6.82. The maximum Gasteiger partial charge on any atom is 0.244 e. The van der Waals surface area contributed by atoms with E-state index in [9.17, 15) is 4.79 Å². The van der Waals surface area contributed by atoms with Crippen LogP contribution in [0.15, 0.2) is 0 Å². The molecule has 0 aromatic rings. The fraction of sp³-hybridized carbons (Fsp3) is 0.929. The summed E-state index contributed by atoms with van der Waals surface area (Å²) >= 11 is 0. The van der Waals surface area contributed by atoms with Crippen LogP contribution in [-0.2, 0) is 4.79 Å². The minimum atomic E-state index is -0.162. The highest BCUT2D eigenvalue weighted by Crippen LogP contribution is 2.43. The van der Waals surface area contributed by atoms with Crippen LogP contribution in [0.5, 0.6) is 0 Å². The Morgan fingerprint density at radius 1 is 1.41 bits per heavy atom. The lowest BCUT2D eigenvalue weighted by Crippen LogP contribution is -2.42. The standard InChI is InChI=1S/C14H26N2O/c1-10(2)8-11-15-14(6-7-14)12(17)16(11)9-13(3,4)5/h10-11,15H,6-9H2,1-5H3. The van der Waals surface area contributed by atoms with Crippen molar-refractivity contribution >= 4 is 5.91 Å². The molecule has 1 saturated carbocycles. The van der Waals surface area contributed by atoms with Crippen LogP contribution < -0.4 is 5.32 Å². The fourth-order valence-corrected chi connectivity index (χ4v) is 2.68. The Kier molecular flexibility index (Phi) is 3.01. The van der Waals surface area contributed by atoms with Crippen LogP contribution >= 0.6 is 0 Å². The van der Waals surface area contributed by atoms with Crippen molar-refractivity contribution in [3.05, 3.63) is 0 Å². The second-order valence-electron chi connectivity index (χ2n) is 7.37. The highest BCUT2D eigenvalue weighted by Gasteiger charge is 2.59. The maximum atomic E-state index is 12.4. The Morgan fingerprint density at radius 2 is 2.00 bits per heavy atom. The van der Waals surface area contributed by atoms with Gasteiger partial charge < -0.3 is 4.90 Å². The van der Waals surface area contributed by atoms with Gasteiger partial charge in [0.2, 0.25) is 5.91 Å². The molecule has 3 heteroatoms. The van der Waals surface area contributed by atoms with Crippen molar-refractivity contribution in [1.29, 1.82) is 0 Å². The van der Waals surface area contributed by atoms with Crippen LogP contribution in [-0.4, -0.2) is 29.1 Å². The summed E-state index contributed by atoms with van der Waals surface area (Å²) in [6.07, 6.45) is 3.37.